The Balaban J connectivity index is 0.00000200. The molecule has 0 aromatic heterocycles. The van der Waals surface area contributed by atoms with Gasteiger partial charge in [0.15, 0.2) is 0 Å². The van der Waals surface area contributed by atoms with Crippen LogP contribution in [0.4, 0.5) is 0 Å². The summed E-state index contributed by atoms with van der Waals surface area (Å²) in [5.74, 6) is 0.0202. The highest BCUT2D eigenvalue weighted by Gasteiger charge is 2.32. The summed E-state index contributed by atoms with van der Waals surface area (Å²) in [6, 6.07) is 0. The van der Waals surface area contributed by atoms with Gasteiger partial charge in [-0.15, -0.1) is 12.4 Å². The van der Waals surface area contributed by atoms with E-state index in [1.54, 1.807) is 0 Å². The highest BCUT2D eigenvalue weighted by atomic mass is 35.5. The first-order valence-electron chi connectivity index (χ1n) is 7.38. The normalized spacial score (nSPS) is 26.6. The number of ether oxygens (including phenoxy) is 1. The van der Waals surface area contributed by atoms with E-state index in [1.807, 2.05) is 11.8 Å². The molecule has 2 aliphatic heterocycles. The lowest BCUT2D eigenvalue weighted by molar-refractivity contribution is -0.152. The number of rotatable bonds is 3. The van der Waals surface area contributed by atoms with Crippen molar-refractivity contribution in [2.24, 2.45) is 11.8 Å². The van der Waals surface area contributed by atoms with Crippen LogP contribution in [-0.4, -0.2) is 49.6 Å². The molecule has 116 valence electrons. The zero-order valence-corrected chi connectivity index (χ0v) is 12.9. The minimum Gasteiger partial charge on any atom is -0.466 e. The molecule has 1 N–H and O–H groups in total. The largest absolute Gasteiger partial charge is 0.466 e. The van der Waals surface area contributed by atoms with E-state index in [1.165, 1.54) is 0 Å². The molecule has 0 radical (unpaired) electrons. The standard InChI is InChI=1S/C14H24N2O3.ClH/c1-2-19-14(18)12-6-4-8-16(10-12)13(17)11-5-3-7-15-9-11;/h11-12,15H,2-10H2,1H3;1H/t11-,12?;/m1./s1. The van der Waals surface area contributed by atoms with Crippen molar-refractivity contribution < 1.29 is 14.3 Å². The van der Waals surface area contributed by atoms with Gasteiger partial charge < -0.3 is 15.0 Å². The fourth-order valence-electron chi connectivity index (χ4n) is 2.95. The first-order chi connectivity index (χ1) is 9.22. The third-order valence-electron chi connectivity index (χ3n) is 4.00. The number of nitrogens with one attached hydrogen (secondary N) is 1. The molecule has 1 amide bonds. The number of hydrogen-bond donors (Lipinski definition) is 1. The van der Waals surface area contributed by atoms with E-state index in [2.05, 4.69) is 5.32 Å². The van der Waals surface area contributed by atoms with Gasteiger partial charge in [0.05, 0.1) is 18.4 Å². The van der Waals surface area contributed by atoms with Crippen LogP contribution in [0, 0.1) is 11.8 Å². The summed E-state index contributed by atoms with van der Waals surface area (Å²) >= 11 is 0. The third-order valence-corrected chi connectivity index (χ3v) is 4.00. The van der Waals surface area contributed by atoms with Gasteiger partial charge in [-0.25, -0.2) is 0 Å². The minimum absolute atomic E-state index is 0. The molecule has 0 aliphatic carbocycles. The average molecular weight is 305 g/mol. The van der Waals surface area contributed by atoms with Gasteiger partial charge in [-0.1, -0.05) is 0 Å². The Labute approximate surface area is 126 Å². The molecule has 1 unspecified atom stereocenters. The second-order valence-electron chi connectivity index (χ2n) is 5.42. The first kappa shape index (κ1) is 17.2. The molecule has 0 aromatic carbocycles. The number of hydrogen-bond acceptors (Lipinski definition) is 4. The molecule has 2 aliphatic rings. The maximum Gasteiger partial charge on any atom is 0.310 e. The Hall–Kier alpha value is -0.810. The fraction of sp³-hybridized carbons (Fsp3) is 0.857. The summed E-state index contributed by atoms with van der Waals surface area (Å²) in [5, 5.41) is 3.27. The van der Waals surface area contributed by atoms with Crippen LogP contribution >= 0.6 is 12.4 Å². The van der Waals surface area contributed by atoms with E-state index in [-0.39, 0.29) is 36.1 Å². The van der Waals surface area contributed by atoms with E-state index in [0.29, 0.717) is 13.2 Å². The maximum atomic E-state index is 12.4. The van der Waals surface area contributed by atoms with Crippen LogP contribution in [0.3, 0.4) is 0 Å². The van der Waals surface area contributed by atoms with E-state index in [0.717, 1.165) is 45.3 Å². The Bertz CT molecular complexity index is 332. The second kappa shape index (κ2) is 8.47. The highest BCUT2D eigenvalue weighted by molar-refractivity contribution is 5.85. The van der Waals surface area contributed by atoms with E-state index < -0.39 is 0 Å². The summed E-state index contributed by atoms with van der Waals surface area (Å²) < 4.78 is 5.07. The SMILES string of the molecule is CCOC(=O)C1CCCN(C(=O)[C@@H]2CCCNC2)C1.Cl. The Morgan fingerprint density at radius 2 is 2.00 bits per heavy atom. The quantitative estimate of drug-likeness (QED) is 0.796. The zero-order chi connectivity index (χ0) is 13.7. The van der Waals surface area contributed by atoms with Crippen molar-refractivity contribution in [3.05, 3.63) is 0 Å². The number of nitrogens with zero attached hydrogens (tertiary/aromatic N) is 1. The van der Waals surface area contributed by atoms with Gasteiger partial charge in [0.2, 0.25) is 5.91 Å². The summed E-state index contributed by atoms with van der Waals surface area (Å²) in [6.45, 7) is 5.33. The summed E-state index contributed by atoms with van der Waals surface area (Å²) in [7, 11) is 0. The van der Waals surface area contributed by atoms with Crippen molar-refractivity contribution in [2.75, 3.05) is 32.8 Å². The van der Waals surface area contributed by atoms with Crippen LogP contribution in [0.1, 0.15) is 32.6 Å². The van der Waals surface area contributed by atoms with E-state index in [4.69, 9.17) is 4.74 Å². The molecule has 5 nitrogen and oxygen atoms in total. The van der Waals surface area contributed by atoms with Crippen molar-refractivity contribution >= 4 is 24.3 Å². The summed E-state index contributed by atoms with van der Waals surface area (Å²) in [4.78, 5) is 26.0. The molecule has 2 fully saturated rings. The average Bonchev–Trinajstić information content (AvgIpc) is 2.48. The van der Waals surface area contributed by atoms with Gasteiger partial charge in [0.1, 0.15) is 0 Å². The smallest absolute Gasteiger partial charge is 0.310 e. The monoisotopic (exact) mass is 304 g/mol. The summed E-state index contributed by atoms with van der Waals surface area (Å²) in [5.41, 5.74) is 0. The van der Waals surface area contributed by atoms with Crippen LogP contribution < -0.4 is 5.32 Å². The first-order valence-corrected chi connectivity index (χ1v) is 7.38. The van der Waals surface area contributed by atoms with E-state index in [9.17, 15) is 9.59 Å². The van der Waals surface area contributed by atoms with Gasteiger partial charge in [-0.3, -0.25) is 9.59 Å². The molecule has 0 aromatic rings. The minimum atomic E-state index is -0.151. The number of carbonyl (C=O) groups excluding carboxylic acids is 2. The van der Waals surface area contributed by atoms with Gasteiger partial charge in [0.25, 0.3) is 0 Å². The molecule has 2 rings (SSSR count). The number of likely N-dealkylation sites (tertiary alicyclic amines) is 1. The molecule has 0 saturated carbocycles. The van der Waals surface area contributed by atoms with Crippen LogP contribution in [0.15, 0.2) is 0 Å². The van der Waals surface area contributed by atoms with Gasteiger partial charge in [-0.2, -0.15) is 0 Å². The molecular weight excluding hydrogens is 280 g/mol. The number of amides is 1. The molecule has 0 bridgehead atoms. The molecule has 2 heterocycles. The lowest BCUT2D eigenvalue weighted by Crippen LogP contribution is -2.48. The van der Waals surface area contributed by atoms with Crippen molar-refractivity contribution in [1.82, 2.24) is 10.2 Å². The topological polar surface area (TPSA) is 58.6 Å². The molecule has 6 heteroatoms. The van der Waals surface area contributed by atoms with E-state index >= 15 is 0 Å². The number of esters is 1. The van der Waals surface area contributed by atoms with Crippen molar-refractivity contribution in [1.29, 1.82) is 0 Å². The lowest BCUT2D eigenvalue weighted by Gasteiger charge is -2.35. The van der Waals surface area contributed by atoms with Gasteiger partial charge >= 0.3 is 5.97 Å². The molecular formula is C14H25ClN2O3. The summed E-state index contributed by atoms with van der Waals surface area (Å²) in [6.07, 6.45) is 3.76. The Morgan fingerprint density at radius 1 is 1.25 bits per heavy atom. The predicted octanol–water partition coefficient (Wildman–Crippen LogP) is 1.21. The Morgan fingerprint density at radius 3 is 2.65 bits per heavy atom. The van der Waals surface area contributed by atoms with Crippen LogP contribution in [-0.2, 0) is 14.3 Å². The Kier molecular flexibility index (Phi) is 7.30. The number of piperidine rings is 2. The molecule has 20 heavy (non-hydrogen) atoms. The van der Waals surface area contributed by atoms with Crippen LogP contribution in [0.25, 0.3) is 0 Å². The number of carbonyl (C=O) groups is 2. The fourth-order valence-corrected chi connectivity index (χ4v) is 2.95. The second-order valence-corrected chi connectivity index (χ2v) is 5.42. The van der Waals surface area contributed by atoms with Gasteiger partial charge in [-0.05, 0) is 39.2 Å². The molecule has 2 saturated heterocycles. The van der Waals surface area contributed by atoms with Crippen LogP contribution in [0.2, 0.25) is 0 Å². The van der Waals surface area contributed by atoms with Crippen LogP contribution in [0.5, 0.6) is 0 Å². The van der Waals surface area contributed by atoms with Gasteiger partial charge in [0, 0.05) is 19.6 Å². The highest BCUT2D eigenvalue weighted by Crippen LogP contribution is 2.21. The van der Waals surface area contributed by atoms with Crippen molar-refractivity contribution in [3.8, 4) is 0 Å². The third kappa shape index (κ3) is 4.35. The zero-order valence-electron chi connectivity index (χ0n) is 12.1. The molecule has 0 spiro atoms. The molecule has 2 atom stereocenters. The lowest BCUT2D eigenvalue weighted by atomic mass is 9.94. The van der Waals surface area contributed by atoms with Crippen molar-refractivity contribution in [3.63, 3.8) is 0 Å². The number of halogens is 1. The maximum absolute atomic E-state index is 12.4. The predicted molar refractivity (Wildman–Crippen MR) is 78.8 cm³/mol. The van der Waals surface area contributed by atoms with Crippen molar-refractivity contribution in [2.45, 2.75) is 32.6 Å².